The van der Waals surface area contributed by atoms with Crippen molar-refractivity contribution in [2.24, 2.45) is 4.99 Å². The molecular formula is C22H27N5O. The summed E-state index contributed by atoms with van der Waals surface area (Å²) in [4.78, 5) is 14.8. The Morgan fingerprint density at radius 1 is 1.14 bits per heavy atom. The Morgan fingerprint density at radius 2 is 1.89 bits per heavy atom. The van der Waals surface area contributed by atoms with Crippen LogP contribution in [0.3, 0.4) is 0 Å². The van der Waals surface area contributed by atoms with Gasteiger partial charge in [0.15, 0.2) is 5.96 Å². The van der Waals surface area contributed by atoms with E-state index in [1.165, 1.54) is 0 Å². The first-order valence-corrected chi connectivity index (χ1v) is 9.93. The number of imidazole rings is 1. The summed E-state index contributed by atoms with van der Waals surface area (Å²) in [5.74, 6) is 2.91. The number of hydrogen-bond acceptors (Lipinski definition) is 3. The van der Waals surface area contributed by atoms with Crippen LogP contribution in [0.1, 0.15) is 18.7 Å². The Bertz CT molecular complexity index is 880. The Labute approximate surface area is 165 Å². The van der Waals surface area contributed by atoms with E-state index in [0.717, 1.165) is 67.5 Å². The summed E-state index contributed by atoms with van der Waals surface area (Å²) in [6.45, 7) is 2.69. The maximum atomic E-state index is 6.09. The molecule has 0 saturated carbocycles. The van der Waals surface area contributed by atoms with Gasteiger partial charge in [-0.2, -0.15) is 0 Å². The molecule has 0 bridgehead atoms. The first-order chi connectivity index (χ1) is 13.8. The maximum Gasteiger partial charge on any atom is 0.193 e. The quantitative estimate of drug-likeness (QED) is 0.529. The van der Waals surface area contributed by atoms with Gasteiger partial charge >= 0.3 is 0 Å². The molecular weight excluding hydrogens is 350 g/mol. The van der Waals surface area contributed by atoms with Gasteiger partial charge in [0, 0.05) is 45.9 Å². The fourth-order valence-electron chi connectivity index (χ4n) is 3.63. The number of nitrogens with zero attached hydrogens (tertiary/aromatic N) is 3. The van der Waals surface area contributed by atoms with E-state index < -0.39 is 0 Å². The van der Waals surface area contributed by atoms with Gasteiger partial charge in [-0.1, -0.05) is 30.3 Å². The van der Waals surface area contributed by atoms with Crippen molar-refractivity contribution in [3.63, 3.8) is 0 Å². The number of rotatable bonds is 5. The molecule has 0 atom stereocenters. The predicted octanol–water partition coefficient (Wildman–Crippen LogP) is 3.22. The van der Waals surface area contributed by atoms with Crippen molar-refractivity contribution in [1.82, 2.24) is 20.2 Å². The number of likely N-dealkylation sites (tertiary alicyclic amines) is 1. The first kappa shape index (κ1) is 18.3. The number of piperidine rings is 1. The van der Waals surface area contributed by atoms with Crippen LogP contribution in [-0.4, -0.2) is 53.6 Å². The van der Waals surface area contributed by atoms with Gasteiger partial charge < -0.3 is 19.9 Å². The number of hydrogen-bond donors (Lipinski definition) is 2. The van der Waals surface area contributed by atoms with Crippen LogP contribution in [0.4, 0.5) is 0 Å². The lowest BCUT2D eigenvalue weighted by Crippen LogP contribution is -2.47. The van der Waals surface area contributed by atoms with E-state index in [1.807, 2.05) is 55.6 Å². The maximum absolute atomic E-state index is 6.09. The molecule has 1 saturated heterocycles. The average Bonchev–Trinajstić information content (AvgIpc) is 3.16. The van der Waals surface area contributed by atoms with Crippen molar-refractivity contribution >= 4 is 17.0 Å². The second kappa shape index (κ2) is 8.78. The molecule has 146 valence electrons. The van der Waals surface area contributed by atoms with Crippen molar-refractivity contribution < 1.29 is 4.74 Å². The minimum atomic E-state index is 0.271. The molecule has 1 aliphatic rings. The van der Waals surface area contributed by atoms with Gasteiger partial charge in [0.1, 0.15) is 17.7 Å². The Morgan fingerprint density at radius 3 is 2.64 bits per heavy atom. The van der Waals surface area contributed by atoms with Crippen molar-refractivity contribution in [1.29, 1.82) is 0 Å². The van der Waals surface area contributed by atoms with Gasteiger partial charge in [0.25, 0.3) is 0 Å². The second-order valence-corrected chi connectivity index (χ2v) is 7.04. The lowest BCUT2D eigenvalue weighted by molar-refractivity contribution is 0.129. The number of para-hydroxylation sites is 3. The number of nitrogens with one attached hydrogen (secondary N) is 2. The van der Waals surface area contributed by atoms with Crippen LogP contribution in [0.5, 0.6) is 5.75 Å². The number of ether oxygens (including phenoxy) is 1. The summed E-state index contributed by atoms with van der Waals surface area (Å²) in [6, 6.07) is 18.2. The third kappa shape index (κ3) is 4.44. The van der Waals surface area contributed by atoms with Gasteiger partial charge in [-0.05, 0) is 24.3 Å². The summed E-state index contributed by atoms with van der Waals surface area (Å²) in [5.41, 5.74) is 2.10. The largest absolute Gasteiger partial charge is 0.490 e. The van der Waals surface area contributed by atoms with Crippen molar-refractivity contribution in [2.45, 2.75) is 25.4 Å². The summed E-state index contributed by atoms with van der Waals surface area (Å²) >= 11 is 0. The van der Waals surface area contributed by atoms with E-state index >= 15 is 0 Å². The SMILES string of the molecule is CN=C(NCCc1nc2ccccc2[nH]1)N1CCC(Oc2ccccc2)CC1. The van der Waals surface area contributed by atoms with Gasteiger partial charge in [0.05, 0.1) is 11.0 Å². The number of guanidine groups is 1. The molecule has 2 heterocycles. The molecule has 1 aliphatic heterocycles. The predicted molar refractivity (Wildman–Crippen MR) is 113 cm³/mol. The van der Waals surface area contributed by atoms with Gasteiger partial charge in [-0.15, -0.1) is 0 Å². The molecule has 0 radical (unpaired) electrons. The fourth-order valence-corrected chi connectivity index (χ4v) is 3.63. The highest BCUT2D eigenvalue weighted by Crippen LogP contribution is 2.18. The number of aliphatic imine (C=N–C) groups is 1. The van der Waals surface area contributed by atoms with Gasteiger partial charge in [-0.25, -0.2) is 4.98 Å². The number of aromatic nitrogens is 2. The normalized spacial score (nSPS) is 15.8. The van der Waals surface area contributed by atoms with Crippen LogP contribution in [0.15, 0.2) is 59.6 Å². The molecule has 6 heteroatoms. The Kier molecular flexibility index (Phi) is 5.75. The highest BCUT2D eigenvalue weighted by atomic mass is 16.5. The lowest BCUT2D eigenvalue weighted by atomic mass is 10.1. The average molecular weight is 377 g/mol. The smallest absolute Gasteiger partial charge is 0.193 e. The van der Waals surface area contributed by atoms with E-state index in [-0.39, 0.29) is 6.10 Å². The second-order valence-electron chi connectivity index (χ2n) is 7.04. The zero-order valence-corrected chi connectivity index (χ0v) is 16.3. The molecule has 6 nitrogen and oxygen atoms in total. The zero-order chi connectivity index (χ0) is 19.2. The minimum Gasteiger partial charge on any atom is -0.490 e. The number of benzene rings is 2. The minimum absolute atomic E-state index is 0.271. The third-order valence-electron chi connectivity index (χ3n) is 5.08. The zero-order valence-electron chi connectivity index (χ0n) is 16.3. The number of fused-ring (bicyclic) bond motifs is 1. The van der Waals surface area contributed by atoms with Crippen molar-refractivity contribution in [3.05, 3.63) is 60.4 Å². The van der Waals surface area contributed by atoms with E-state index in [1.54, 1.807) is 0 Å². The van der Waals surface area contributed by atoms with Crippen LogP contribution in [0, 0.1) is 0 Å². The van der Waals surface area contributed by atoms with Crippen LogP contribution >= 0.6 is 0 Å². The van der Waals surface area contributed by atoms with E-state index in [2.05, 4.69) is 31.2 Å². The number of H-pyrrole nitrogens is 1. The third-order valence-corrected chi connectivity index (χ3v) is 5.08. The molecule has 1 fully saturated rings. The highest BCUT2D eigenvalue weighted by molar-refractivity contribution is 5.80. The molecule has 28 heavy (non-hydrogen) atoms. The standard InChI is InChI=1S/C22H27N5O/c1-23-22(24-14-11-21-25-19-9-5-6-10-20(19)26-21)27-15-12-18(13-16-27)28-17-7-3-2-4-8-17/h2-10,18H,11-16H2,1H3,(H,23,24)(H,25,26). The molecule has 4 rings (SSSR count). The fraction of sp³-hybridized carbons (Fsp3) is 0.364. The van der Waals surface area contributed by atoms with Crippen LogP contribution in [0.25, 0.3) is 11.0 Å². The lowest BCUT2D eigenvalue weighted by Gasteiger charge is -2.34. The Balaban J connectivity index is 1.24. The van der Waals surface area contributed by atoms with Gasteiger partial charge in [0.2, 0.25) is 0 Å². The van der Waals surface area contributed by atoms with Crippen LogP contribution in [0.2, 0.25) is 0 Å². The van der Waals surface area contributed by atoms with Crippen molar-refractivity contribution in [3.8, 4) is 5.75 Å². The van der Waals surface area contributed by atoms with E-state index in [4.69, 9.17) is 4.74 Å². The highest BCUT2D eigenvalue weighted by Gasteiger charge is 2.22. The van der Waals surface area contributed by atoms with E-state index in [9.17, 15) is 0 Å². The molecule has 2 aromatic carbocycles. The molecule has 0 amide bonds. The Hall–Kier alpha value is -3.02. The van der Waals surface area contributed by atoms with Crippen LogP contribution < -0.4 is 10.1 Å². The van der Waals surface area contributed by atoms with Crippen LogP contribution in [-0.2, 0) is 6.42 Å². The summed E-state index contributed by atoms with van der Waals surface area (Å²) in [6.07, 6.45) is 3.10. The molecule has 2 N–H and O–H groups in total. The van der Waals surface area contributed by atoms with Gasteiger partial charge in [-0.3, -0.25) is 4.99 Å². The number of aromatic amines is 1. The summed E-state index contributed by atoms with van der Waals surface area (Å²) in [7, 11) is 1.84. The van der Waals surface area contributed by atoms with E-state index in [0.29, 0.717) is 0 Å². The summed E-state index contributed by atoms with van der Waals surface area (Å²) in [5, 5.41) is 3.47. The molecule has 0 spiro atoms. The molecule has 1 aromatic heterocycles. The monoisotopic (exact) mass is 377 g/mol. The molecule has 0 unspecified atom stereocenters. The topological polar surface area (TPSA) is 65.5 Å². The molecule has 3 aromatic rings. The summed E-state index contributed by atoms with van der Waals surface area (Å²) < 4.78 is 6.09. The molecule has 0 aliphatic carbocycles. The first-order valence-electron chi connectivity index (χ1n) is 9.93. The van der Waals surface area contributed by atoms with Crippen molar-refractivity contribution in [2.75, 3.05) is 26.7 Å².